The number of piperazine rings is 1. The van der Waals surface area contributed by atoms with Crippen molar-refractivity contribution in [1.82, 2.24) is 19.2 Å². The minimum Gasteiger partial charge on any atom is -0.336 e. The van der Waals surface area contributed by atoms with E-state index in [2.05, 4.69) is 45.8 Å². The summed E-state index contributed by atoms with van der Waals surface area (Å²) >= 11 is 6.18. The summed E-state index contributed by atoms with van der Waals surface area (Å²) in [4.78, 5) is 22.3. The van der Waals surface area contributed by atoms with E-state index < -0.39 is 0 Å². The number of carbonyl (C=O) groups is 1. The van der Waals surface area contributed by atoms with Gasteiger partial charge < -0.3 is 9.30 Å². The molecule has 39 heavy (non-hydrogen) atoms. The highest BCUT2D eigenvalue weighted by atomic mass is 35.5. The van der Waals surface area contributed by atoms with E-state index in [9.17, 15) is 10.1 Å². The summed E-state index contributed by atoms with van der Waals surface area (Å²) in [5, 5.41) is 9.88. The zero-order valence-electron chi connectivity index (χ0n) is 21.3. The number of carbonyl (C=O) groups excluding carboxylic acids is 1. The first kappa shape index (κ1) is 24.9. The molecule has 5 aromatic rings. The molecule has 3 heterocycles. The van der Waals surface area contributed by atoms with Crippen LogP contribution in [0.15, 0.2) is 97.2 Å². The summed E-state index contributed by atoms with van der Waals surface area (Å²) in [7, 11) is 0. The van der Waals surface area contributed by atoms with E-state index >= 15 is 0 Å². The molecule has 0 spiro atoms. The van der Waals surface area contributed by atoms with Gasteiger partial charge in [0.1, 0.15) is 5.65 Å². The van der Waals surface area contributed by atoms with E-state index in [1.165, 1.54) is 0 Å². The van der Waals surface area contributed by atoms with E-state index in [0.29, 0.717) is 35.8 Å². The predicted molar refractivity (Wildman–Crippen MR) is 153 cm³/mol. The molecule has 0 radical (unpaired) electrons. The van der Waals surface area contributed by atoms with E-state index in [-0.39, 0.29) is 5.91 Å². The van der Waals surface area contributed by atoms with Crippen LogP contribution < -0.4 is 0 Å². The zero-order chi connectivity index (χ0) is 26.8. The minimum absolute atomic E-state index is 0.0316. The molecule has 6 rings (SSSR count). The molecule has 6 nitrogen and oxygen atoms in total. The van der Waals surface area contributed by atoms with Crippen molar-refractivity contribution in [2.45, 2.75) is 6.54 Å². The summed E-state index contributed by atoms with van der Waals surface area (Å²) in [6.45, 7) is 3.43. The number of halogens is 1. The SMILES string of the molecule is N#Cc1cccc(C(=O)N2CCN(Cc3c(-c4ccc(Cl)cc4)nc4ccc(-c5ccccc5)cn34)CC2)c1. The van der Waals surface area contributed by atoms with Crippen molar-refractivity contribution in [3.8, 4) is 28.5 Å². The van der Waals surface area contributed by atoms with Crippen molar-refractivity contribution in [1.29, 1.82) is 5.26 Å². The molecule has 0 unspecified atom stereocenters. The zero-order valence-corrected chi connectivity index (χ0v) is 22.1. The Morgan fingerprint density at radius 2 is 1.59 bits per heavy atom. The number of hydrogen-bond donors (Lipinski definition) is 0. The van der Waals surface area contributed by atoms with E-state index in [1.807, 2.05) is 47.4 Å². The van der Waals surface area contributed by atoms with Gasteiger partial charge in [0.2, 0.25) is 0 Å². The van der Waals surface area contributed by atoms with Gasteiger partial charge in [0.15, 0.2) is 0 Å². The molecule has 1 aliphatic heterocycles. The van der Waals surface area contributed by atoms with Crippen LogP contribution in [0.1, 0.15) is 21.6 Å². The van der Waals surface area contributed by atoms with Gasteiger partial charge in [-0.2, -0.15) is 5.26 Å². The third-order valence-electron chi connectivity index (χ3n) is 7.21. The van der Waals surface area contributed by atoms with Crippen molar-refractivity contribution in [2.75, 3.05) is 26.2 Å². The van der Waals surface area contributed by atoms with Crippen molar-refractivity contribution in [2.24, 2.45) is 0 Å². The van der Waals surface area contributed by atoms with E-state index in [1.54, 1.807) is 24.3 Å². The van der Waals surface area contributed by atoms with Crippen LogP contribution in [0.5, 0.6) is 0 Å². The maximum Gasteiger partial charge on any atom is 0.253 e. The molecule has 0 bridgehead atoms. The van der Waals surface area contributed by atoms with Crippen molar-refractivity contribution < 1.29 is 4.79 Å². The smallest absolute Gasteiger partial charge is 0.253 e. The summed E-state index contributed by atoms with van der Waals surface area (Å²) < 4.78 is 2.19. The Kier molecular flexibility index (Phi) is 6.85. The summed E-state index contributed by atoms with van der Waals surface area (Å²) in [5.41, 5.74) is 7.28. The lowest BCUT2D eigenvalue weighted by molar-refractivity contribution is 0.0627. The van der Waals surface area contributed by atoms with E-state index in [4.69, 9.17) is 16.6 Å². The van der Waals surface area contributed by atoms with Crippen LogP contribution in [-0.2, 0) is 6.54 Å². The molecule has 1 amide bonds. The summed E-state index contributed by atoms with van der Waals surface area (Å²) in [6.07, 6.45) is 2.16. The fraction of sp³-hybridized carbons (Fsp3) is 0.156. The lowest BCUT2D eigenvalue weighted by atomic mass is 10.1. The number of aromatic nitrogens is 2. The van der Waals surface area contributed by atoms with Crippen molar-refractivity contribution >= 4 is 23.2 Å². The fourth-order valence-corrected chi connectivity index (χ4v) is 5.24. The van der Waals surface area contributed by atoms with Crippen molar-refractivity contribution in [3.63, 3.8) is 0 Å². The second-order valence-electron chi connectivity index (χ2n) is 9.69. The molecular weight excluding hydrogens is 506 g/mol. The average molecular weight is 532 g/mol. The number of amides is 1. The first-order chi connectivity index (χ1) is 19.1. The van der Waals surface area contributed by atoms with Gasteiger partial charge >= 0.3 is 0 Å². The Balaban J connectivity index is 1.28. The quantitative estimate of drug-likeness (QED) is 0.273. The second-order valence-corrected chi connectivity index (χ2v) is 10.1. The topological polar surface area (TPSA) is 64.6 Å². The summed E-state index contributed by atoms with van der Waals surface area (Å²) in [5.74, 6) is -0.0316. The van der Waals surface area contributed by atoms with Gasteiger partial charge in [0.05, 0.1) is 23.0 Å². The van der Waals surface area contributed by atoms with Gasteiger partial charge in [0, 0.05) is 55.1 Å². The Labute approximate surface area is 232 Å². The minimum atomic E-state index is -0.0316. The number of nitrogens with zero attached hydrogens (tertiary/aromatic N) is 5. The standard InChI is InChI=1S/C32H26ClN5O/c33-28-12-9-25(10-13-28)31-29(38-21-27(11-14-30(38)35-31)24-6-2-1-3-7-24)22-36-15-17-37(18-16-36)32(39)26-8-4-5-23(19-26)20-34/h1-14,19,21H,15-18,22H2. The maximum atomic E-state index is 13.1. The molecule has 0 saturated carbocycles. The fourth-order valence-electron chi connectivity index (χ4n) is 5.11. The van der Waals surface area contributed by atoms with Gasteiger partial charge in [-0.3, -0.25) is 9.69 Å². The molecule has 0 atom stereocenters. The van der Waals surface area contributed by atoms with Gasteiger partial charge in [0.25, 0.3) is 5.91 Å². The highest BCUT2D eigenvalue weighted by molar-refractivity contribution is 6.30. The molecule has 3 aromatic carbocycles. The molecule has 1 saturated heterocycles. The van der Waals surface area contributed by atoms with Gasteiger partial charge in [-0.05, 0) is 53.6 Å². The Morgan fingerprint density at radius 1 is 0.846 bits per heavy atom. The number of nitriles is 1. The molecule has 7 heteroatoms. The Morgan fingerprint density at radius 3 is 2.33 bits per heavy atom. The Hall–Kier alpha value is -4.44. The number of imidazole rings is 1. The Bertz CT molecular complexity index is 1680. The maximum absolute atomic E-state index is 13.1. The van der Waals surface area contributed by atoms with Crippen LogP contribution in [0.4, 0.5) is 0 Å². The van der Waals surface area contributed by atoms with Crippen molar-refractivity contribution in [3.05, 3.63) is 119 Å². The largest absolute Gasteiger partial charge is 0.336 e. The second kappa shape index (κ2) is 10.7. The van der Waals surface area contributed by atoms with Crippen LogP contribution in [0.3, 0.4) is 0 Å². The van der Waals surface area contributed by atoms with Crippen LogP contribution in [-0.4, -0.2) is 51.3 Å². The lowest BCUT2D eigenvalue weighted by Gasteiger charge is -2.34. The van der Waals surface area contributed by atoms with Crippen LogP contribution in [0.25, 0.3) is 28.0 Å². The number of fused-ring (bicyclic) bond motifs is 1. The monoisotopic (exact) mass is 531 g/mol. The van der Waals surface area contributed by atoms with Crippen LogP contribution in [0.2, 0.25) is 5.02 Å². The first-order valence-electron chi connectivity index (χ1n) is 12.9. The van der Waals surface area contributed by atoms with E-state index in [0.717, 1.165) is 46.8 Å². The number of benzene rings is 3. The summed E-state index contributed by atoms with van der Waals surface area (Å²) in [6, 6.07) is 31.3. The van der Waals surface area contributed by atoms with Gasteiger partial charge in [-0.15, -0.1) is 0 Å². The van der Waals surface area contributed by atoms with Crippen LogP contribution >= 0.6 is 11.6 Å². The van der Waals surface area contributed by atoms with Gasteiger partial charge in [-0.25, -0.2) is 4.98 Å². The number of rotatable bonds is 5. The molecule has 1 fully saturated rings. The molecule has 2 aromatic heterocycles. The van der Waals surface area contributed by atoms with Crippen LogP contribution in [0, 0.1) is 11.3 Å². The first-order valence-corrected chi connectivity index (χ1v) is 13.3. The average Bonchev–Trinajstić information content (AvgIpc) is 3.35. The molecule has 1 aliphatic rings. The third-order valence-corrected chi connectivity index (χ3v) is 7.47. The molecule has 0 N–H and O–H groups in total. The highest BCUT2D eigenvalue weighted by Crippen LogP contribution is 2.29. The molecule has 192 valence electrons. The molecule has 0 aliphatic carbocycles. The lowest BCUT2D eigenvalue weighted by Crippen LogP contribution is -2.48. The normalized spacial score (nSPS) is 13.9. The third kappa shape index (κ3) is 5.15. The predicted octanol–water partition coefficient (Wildman–Crippen LogP) is 6.15. The highest BCUT2D eigenvalue weighted by Gasteiger charge is 2.25. The van der Waals surface area contributed by atoms with Gasteiger partial charge in [-0.1, -0.05) is 60.1 Å². The molecular formula is C32H26ClN5O. The number of hydrogen-bond acceptors (Lipinski definition) is 4. The number of pyridine rings is 1.